The van der Waals surface area contributed by atoms with E-state index in [1.54, 1.807) is 35.9 Å². The SMILES string of the molecule is O=C(CCc1csc(-c2cccnc2)n1)NCc1ccc(F)cc1. The van der Waals surface area contributed by atoms with Crippen LogP contribution in [0, 0.1) is 5.82 Å². The summed E-state index contributed by atoms with van der Waals surface area (Å²) in [4.78, 5) is 20.5. The van der Waals surface area contributed by atoms with Crippen LogP contribution >= 0.6 is 11.3 Å². The molecule has 2 aromatic heterocycles. The van der Waals surface area contributed by atoms with E-state index in [9.17, 15) is 9.18 Å². The number of thiazole rings is 1. The quantitative estimate of drug-likeness (QED) is 0.745. The normalized spacial score (nSPS) is 10.5. The summed E-state index contributed by atoms with van der Waals surface area (Å²) in [6.45, 7) is 0.400. The zero-order valence-electron chi connectivity index (χ0n) is 12.9. The fraction of sp³-hybridized carbons (Fsp3) is 0.167. The number of aromatic nitrogens is 2. The highest BCUT2D eigenvalue weighted by molar-refractivity contribution is 7.13. The van der Waals surface area contributed by atoms with Gasteiger partial charge in [0, 0.05) is 36.3 Å². The lowest BCUT2D eigenvalue weighted by Crippen LogP contribution is -2.23. The number of carbonyl (C=O) groups is 1. The van der Waals surface area contributed by atoms with E-state index < -0.39 is 0 Å². The average Bonchev–Trinajstić information content (AvgIpc) is 3.09. The first kappa shape index (κ1) is 16.3. The van der Waals surface area contributed by atoms with Crippen molar-refractivity contribution in [2.45, 2.75) is 19.4 Å². The number of hydrogen-bond donors (Lipinski definition) is 1. The molecule has 1 N–H and O–H groups in total. The van der Waals surface area contributed by atoms with Crippen LogP contribution in [0.15, 0.2) is 54.2 Å². The second-order valence-electron chi connectivity index (χ2n) is 5.29. The van der Waals surface area contributed by atoms with E-state index in [0.717, 1.165) is 21.8 Å². The Balaban J connectivity index is 1.48. The molecule has 122 valence electrons. The molecular weight excluding hydrogens is 325 g/mol. The molecule has 0 unspecified atom stereocenters. The molecule has 0 saturated carbocycles. The van der Waals surface area contributed by atoms with E-state index >= 15 is 0 Å². The van der Waals surface area contributed by atoms with Crippen molar-refractivity contribution in [3.8, 4) is 10.6 Å². The summed E-state index contributed by atoms with van der Waals surface area (Å²) in [6.07, 6.45) is 4.46. The molecule has 3 rings (SSSR count). The molecule has 4 nitrogen and oxygen atoms in total. The van der Waals surface area contributed by atoms with Crippen LogP contribution in [-0.4, -0.2) is 15.9 Å². The number of halogens is 1. The Bertz CT molecular complexity index is 803. The van der Waals surface area contributed by atoms with Crippen molar-refractivity contribution in [3.05, 3.63) is 71.2 Å². The summed E-state index contributed by atoms with van der Waals surface area (Å²) in [7, 11) is 0. The molecule has 6 heteroatoms. The van der Waals surface area contributed by atoms with Gasteiger partial charge in [0.05, 0.1) is 5.69 Å². The first-order valence-corrected chi connectivity index (χ1v) is 8.44. The van der Waals surface area contributed by atoms with Crippen molar-refractivity contribution in [1.82, 2.24) is 15.3 Å². The Morgan fingerprint density at radius 1 is 1.21 bits per heavy atom. The zero-order chi connectivity index (χ0) is 16.8. The predicted octanol–water partition coefficient (Wildman–Crippen LogP) is 3.59. The molecule has 1 amide bonds. The monoisotopic (exact) mass is 341 g/mol. The molecule has 3 aromatic rings. The van der Waals surface area contributed by atoms with Crippen LogP contribution in [0.5, 0.6) is 0 Å². The molecule has 0 spiro atoms. The summed E-state index contributed by atoms with van der Waals surface area (Å²) in [5, 5.41) is 5.71. The van der Waals surface area contributed by atoms with Gasteiger partial charge in [-0.15, -0.1) is 11.3 Å². The topological polar surface area (TPSA) is 54.9 Å². The lowest BCUT2D eigenvalue weighted by Gasteiger charge is -2.04. The Labute approximate surface area is 143 Å². The Morgan fingerprint density at radius 2 is 2.04 bits per heavy atom. The molecular formula is C18H16FN3OS. The van der Waals surface area contributed by atoms with Crippen molar-refractivity contribution in [2.75, 3.05) is 0 Å². The summed E-state index contributed by atoms with van der Waals surface area (Å²) in [5.74, 6) is -0.326. The number of carbonyl (C=O) groups excluding carboxylic acids is 1. The van der Waals surface area contributed by atoms with E-state index in [1.165, 1.54) is 12.1 Å². The maximum absolute atomic E-state index is 12.8. The van der Waals surface area contributed by atoms with Gasteiger partial charge in [-0.2, -0.15) is 0 Å². The minimum atomic E-state index is -0.280. The summed E-state index contributed by atoms with van der Waals surface area (Å²) >= 11 is 1.55. The second-order valence-corrected chi connectivity index (χ2v) is 6.15. The van der Waals surface area contributed by atoms with E-state index in [4.69, 9.17) is 0 Å². The van der Waals surface area contributed by atoms with E-state index in [0.29, 0.717) is 19.4 Å². The minimum Gasteiger partial charge on any atom is -0.352 e. The van der Waals surface area contributed by atoms with Crippen LogP contribution in [0.1, 0.15) is 17.7 Å². The van der Waals surface area contributed by atoms with Gasteiger partial charge in [0.2, 0.25) is 5.91 Å². The van der Waals surface area contributed by atoms with E-state index in [-0.39, 0.29) is 11.7 Å². The molecule has 0 saturated heterocycles. The van der Waals surface area contributed by atoms with Crippen molar-refractivity contribution in [1.29, 1.82) is 0 Å². The molecule has 2 heterocycles. The van der Waals surface area contributed by atoms with Crippen molar-refractivity contribution in [3.63, 3.8) is 0 Å². The van der Waals surface area contributed by atoms with Gasteiger partial charge < -0.3 is 5.32 Å². The third-order valence-corrected chi connectivity index (χ3v) is 4.41. The van der Waals surface area contributed by atoms with Gasteiger partial charge in [-0.25, -0.2) is 9.37 Å². The van der Waals surface area contributed by atoms with Crippen LogP contribution in [-0.2, 0) is 17.8 Å². The van der Waals surface area contributed by atoms with E-state index in [1.807, 2.05) is 17.5 Å². The van der Waals surface area contributed by atoms with Crippen LogP contribution in [0.2, 0.25) is 0 Å². The number of hydrogen-bond acceptors (Lipinski definition) is 4. The molecule has 24 heavy (non-hydrogen) atoms. The summed E-state index contributed by atoms with van der Waals surface area (Å²) in [6, 6.07) is 9.93. The van der Waals surface area contributed by atoms with Crippen molar-refractivity contribution < 1.29 is 9.18 Å². The fourth-order valence-electron chi connectivity index (χ4n) is 2.18. The number of nitrogens with zero attached hydrogens (tertiary/aromatic N) is 2. The number of benzene rings is 1. The van der Waals surface area contributed by atoms with Gasteiger partial charge in [-0.1, -0.05) is 12.1 Å². The number of amides is 1. The van der Waals surface area contributed by atoms with Crippen LogP contribution in [0.3, 0.4) is 0 Å². The highest BCUT2D eigenvalue weighted by Gasteiger charge is 2.07. The van der Waals surface area contributed by atoms with Gasteiger partial charge in [0.1, 0.15) is 10.8 Å². The first-order chi connectivity index (χ1) is 11.7. The molecule has 0 fully saturated rings. The van der Waals surface area contributed by atoms with Crippen LogP contribution < -0.4 is 5.32 Å². The van der Waals surface area contributed by atoms with Gasteiger partial charge >= 0.3 is 0 Å². The van der Waals surface area contributed by atoms with E-state index in [2.05, 4.69) is 15.3 Å². The zero-order valence-corrected chi connectivity index (χ0v) is 13.7. The largest absolute Gasteiger partial charge is 0.352 e. The smallest absolute Gasteiger partial charge is 0.220 e. The lowest BCUT2D eigenvalue weighted by atomic mass is 10.2. The fourth-order valence-corrected chi connectivity index (χ4v) is 3.02. The third-order valence-electron chi connectivity index (χ3n) is 3.47. The van der Waals surface area contributed by atoms with Crippen LogP contribution in [0.25, 0.3) is 10.6 Å². The highest BCUT2D eigenvalue weighted by Crippen LogP contribution is 2.23. The standard InChI is InChI=1S/C18H16FN3OS/c19-15-5-3-13(4-6-15)10-21-17(23)8-7-16-12-24-18(22-16)14-2-1-9-20-11-14/h1-6,9,11-12H,7-8,10H2,(H,21,23). The maximum atomic E-state index is 12.8. The molecule has 0 atom stereocenters. The molecule has 0 aliphatic heterocycles. The van der Waals surface area contributed by atoms with Gasteiger partial charge in [-0.05, 0) is 36.2 Å². The predicted molar refractivity (Wildman–Crippen MR) is 91.9 cm³/mol. The number of pyridine rings is 1. The number of nitrogens with one attached hydrogen (secondary N) is 1. The van der Waals surface area contributed by atoms with Gasteiger partial charge in [-0.3, -0.25) is 9.78 Å². The molecule has 0 aliphatic rings. The van der Waals surface area contributed by atoms with Crippen LogP contribution in [0.4, 0.5) is 4.39 Å². The average molecular weight is 341 g/mol. The highest BCUT2D eigenvalue weighted by atomic mass is 32.1. The number of rotatable bonds is 6. The summed E-state index contributed by atoms with van der Waals surface area (Å²) < 4.78 is 12.8. The molecule has 1 aromatic carbocycles. The Hall–Kier alpha value is -2.60. The first-order valence-electron chi connectivity index (χ1n) is 7.56. The maximum Gasteiger partial charge on any atom is 0.220 e. The Kier molecular flexibility index (Phi) is 5.28. The second kappa shape index (κ2) is 7.79. The van der Waals surface area contributed by atoms with Gasteiger partial charge in [0.15, 0.2) is 0 Å². The molecule has 0 radical (unpaired) electrons. The number of aryl methyl sites for hydroxylation is 1. The van der Waals surface area contributed by atoms with Gasteiger partial charge in [0.25, 0.3) is 0 Å². The minimum absolute atomic E-state index is 0.0461. The van der Waals surface area contributed by atoms with Crippen molar-refractivity contribution >= 4 is 17.2 Å². The Morgan fingerprint density at radius 3 is 2.79 bits per heavy atom. The molecule has 0 bridgehead atoms. The third kappa shape index (κ3) is 4.45. The van der Waals surface area contributed by atoms with Crippen molar-refractivity contribution in [2.24, 2.45) is 0 Å². The molecule has 0 aliphatic carbocycles. The summed E-state index contributed by atoms with van der Waals surface area (Å²) in [5.41, 5.74) is 2.75. The lowest BCUT2D eigenvalue weighted by molar-refractivity contribution is -0.121.